The number of carbonyl (C=O) groups is 1. The molecule has 0 aliphatic rings. The Labute approximate surface area is 85.7 Å². The Morgan fingerprint density at radius 3 is 3.13 bits per heavy atom. The number of nitrogens with one attached hydrogen (secondary N) is 1. The Bertz CT molecular complexity index is 445. The number of H-pyrrole nitrogens is 1. The summed E-state index contributed by atoms with van der Waals surface area (Å²) in [5, 5.41) is 15.3. The molecule has 2 heterocycles. The molecule has 0 radical (unpaired) electrons. The normalized spacial score (nSPS) is 10.4. The van der Waals surface area contributed by atoms with E-state index in [0.29, 0.717) is 6.42 Å². The van der Waals surface area contributed by atoms with Gasteiger partial charge in [-0.05, 0) is 18.1 Å². The summed E-state index contributed by atoms with van der Waals surface area (Å²) in [6.07, 6.45) is 5.37. The number of carboxylic acids is 1. The molecule has 2 rings (SSSR count). The predicted octanol–water partition coefficient (Wildman–Crippen LogP) is 1.69. The summed E-state index contributed by atoms with van der Waals surface area (Å²) in [7, 11) is 0. The van der Waals surface area contributed by atoms with Crippen molar-refractivity contribution in [1.29, 1.82) is 0 Å². The van der Waals surface area contributed by atoms with E-state index >= 15 is 0 Å². The van der Waals surface area contributed by atoms with E-state index < -0.39 is 5.97 Å². The van der Waals surface area contributed by atoms with Gasteiger partial charge in [-0.15, -0.1) is 0 Å². The maximum Gasteiger partial charge on any atom is 0.303 e. The smallest absolute Gasteiger partial charge is 0.303 e. The zero-order valence-electron chi connectivity index (χ0n) is 7.93. The third kappa shape index (κ3) is 2.07. The number of hydrogen-bond acceptors (Lipinski definition) is 3. The molecule has 2 N–H and O–H groups in total. The minimum absolute atomic E-state index is 0.102. The van der Waals surface area contributed by atoms with Crippen molar-refractivity contribution in [3.05, 3.63) is 30.4 Å². The zero-order valence-corrected chi connectivity index (χ0v) is 7.93. The van der Waals surface area contributed by atoms with Crippen LogP contribution >= 0.6 is 0 Å². The number of aromatic amines is 1. The highest BCUT2D eigenvalue weighted by molar-refractivity contribution is 5.68. The number of carboxylic acid groups (broad SMARTS) is 1. The highest BCUT2D eigenvalue weighted by Gasteiger charge is 2.09. The second kappa shape index (κ2) is 4.00. The summed E-state index contributed by atoms with van der Waals surface area (Å²) >= 11 is 0. The average molecular weight is 206 g/mol. The van der Waals surface area contributed by atoms with Gasteiger partial charge >= 0.3 is 5.97 Å². The number of aliphatic carboxylic acids is 1. The molecule has 78 valence electrons. The first-order valence-corrected chi connectivity index (χ1v) is 4.54. The molecule has 5 heteroatoms. The Balaban J connectivity index is 2.19. The standard InChI is InChI=1S/C10H10N2O3/c13-9(14)2-1-7-5-11-12-10(7)8-3-4-15-6-8/h3-6H,1-2H2,(H,11,12)(H,13,14). The number of rotatable bonds is 4. The van der Waals surface area contributed by atoms with E-state index in [0.717, 1.165) is 16.8 Å². The number of furan rings is 1. The molecule has 0 aliphatic heterocycles. The van der Waals surface area contributed by atoms with Gasteiger partial charge in [0.1, 0.15) is 0 Å². The molecule has 2 aromatic heterocycles. The molecule has 0 fully saturated rings. The summed E-state index contributed by atoms with van der Waals surface area (Å²) in [6.45, 7) is 0. The molecule has 0 amide bonds. The Morgan fingerprint density at radius 1 is 1.60 bits per heavy atom. The lowest BCUT2D eigenvalue weighted by atomic mass is 10.1. The van der Waals surface area contributed by atoms with Gasteiger partial charge in [-0.25, -0.2) is 0 Å². The molecule has 2 aromatic rings. The van der Waals surface area contributed by atoms with Crippen molar-refractivity contribution in [3.63, 3.8) is 0 Å². The van der Waals surface area contributed by atoms with E-state index in [1.807, 2.05) is 0 Å². The molecule has 0 atom stereocenters. The van der Waals surface area contributed by atoms with Gasteiger partial charge < -0.3 is 9.52 Å². The predicted molar refractivity (Wildman–Crippen MR) is 52.2 cm³/mol. The van der Waals surface area contributed by atoms with Gasteiger partial charge in [-0.3, -0.25) is 9.89 Å². The van der Waals surface area contributed by atoms with Gasteiger partial charge in [-0.2, -0.15) is 5.10 Å². The van der Waals surface area contributed by atoms with Crippen LogP contribution in [0.5, 0.6) is 0 Å². The van der Waals surface area contributed by atoms with Crippen LogP contribution in [0, 0.1) is 0 Å². The molecule has 0 aromatic carbocycles. The van der Waals surface area contributed by atoms with Crippen LogP contribution < -0.4 is 0 Å². The largest absolute Gasteiger partial charge is 0.481 e. The maximum atomic E-state index is 10.4. The first-order chi connectivity index (χ1) is 7.27. The zero-order chi connectivity index (χ0) is 10.7. The van der Waals surface area contributed by atoms with Crippen molar-refractivity contribution < 1.29 is 14.3 Å². The molecule has 0 bridgehead atoms. The Hall–Kier alpha value is -2.04. The monoisotopic (exact) mass is 206 g/mol. The van der Waals surface area contributed by atoms with Crippen LogP contribution in [0.1, 0.15) is 12.0 Å². The second-order valence-corrected chi connectivity index (χ2v) is 3.18. The number of aromatic nitrogens is 2. The lowest BCUT2D eigenvalue weighted by Gasteiger charge is -1.97. The van der Waals surface area contributed by atoms with E-state index in [9.17, 15) is 4.79 Å². The first kappa shape index (κ1) is 9.51. The van der Waals surface area contributed by atoms with Crippen LogP contribution in [0.4, 0.5) is 0 Å². The molecule has 5 nitrogen and oxygen atoms in total. The fourth-order valence-corrected chi connectivity index (χ4v) is 1.40. The van der Waals surface area contributed by atoms with Gasteiger partial charge in [0, 0.05) is 12.0 Å². The van der Waals surface area contributed by atoms with Crippen molar-refractivity contribution >= 4 is 5.97 Å². The number of aryl methyl sites for hydroxylation is 1. The Morgan fingerprint density at radius 2 is 2.47 bits per heavy atom. The average Bonchev–Trinajstić information content (AvgIpc) is 2.85. The third-order valence-electron chi connectivity index (χ3n) is 2.14. The fourth-order valence-electron chi connectivity index (χ4n) is 1.40. The molecular formula is C10H10N2O3. The number of nitrogens with zero attached hydrogens (tertiary/aromatic N) is 1. The lowest BCUT2D eigenvalue weighted by molar-refractivity contribution is -0.136. The summed E-state index contributed by atoms with van der Waals surface area (Å²) < 4.78 is 4.95. The SMILES string of the molecule is O=C(O)CCc1cn[nH]c1-c1ccoc1. The van der Waals surface area contributed by atoms with Crippen molar-refractivity contribution in [2.24, 2.45) is 0 Å². The van der Waals surface area contributed by atoms with Crippen molar-refractivity contribution in [3.8, 4) is 11.3 Å². The van der Waals surface area contributed by atoms with E-state index in [4.69, 9.17) is 9.52 Å². The van der Waals surface area contributed by atoms with Crippen LogP contribution in [-0.2, 0) is 11.2 Å². The van der Waals surface area contributed by atoms with Crippen LogP contribution in [0.2, 0.25) is 0 Å². The second-order valence-electron chi connectivity index (χ2n) is 3.18. The molecule has 0 unspecified atom stereocenters. The van der Waals surface area contributed by atoms with E-state index in [2.05, 4.69) is 10.2 Å². The van der Waals surface area contributed by atoms with Crippen LogP contribution in [-0.4, -0.2) is 21.3 Å². The molecule has 0 saturated carbocycles. The first-order valence-electron chi connectivity index (χ1n) is 4.54. The fraction of sp³-hybridized carbons (Fsp3) is 0.200. The van der Waals surface area contributed by atoms with Gasteiger partial charge in [0.15, 0.2) is 0 Å². The molecule has 0 aliphatic carbocycles. The van der Waals surface area contributed by atoms with E-state index in [1.54, 1.807) is 24.8 Å². The molecule has 0 spiro atoms. The quantitative estimate of drug-likeness (QED) is 0.797. The summed E-state index contributed by atoms with van der Waals surface area (Å²) in [5.74, 6) is -0.811. The molecule has 0 saturated heterocycles. The van der Waals surface area contributed by atoms with E-state index in [-0.39, 0.29) is 6.42 Å². The van der Waals surface area contributed by atoms with Crippen molar-refractivity contribution in [2.45, 2.75) is 12.8 Å². The van der Waals surface area contributed by atoms with Gasteiger partial charge in [-0.1, -0.05) is 0 Å². The maximum absolute atomic E-state index is 10.4. The third-order valence-corrected chi connectivity index (χ3v) is 2.14. The van der Waals surface area contributed by atoms with Gasteiger partial charge in [0.25, 0.3) is 0 Å². The topological polar surface area (TPSA) is 79.1 Å². The van der Waals surface area contributed by atoms with Crippen LogP contribution in [0.25, 0.3) is 11.3 Å². The summed E-state index contributed by atoms with van der Waals surface area (Å²) in [4.78, 5) is 10.4. The number of hydrogen-bond donors (Lipinski definition) is 2. The van der Waals surface area contributed by atoms with Crippen LogP contribution in [0.15, 0.2) is 29.2 Å². The van der Waals surface area contributed by atoms with E-state index in [1.165, 1.54) is 0 Å². The highest BCUT2D eigenvalue weighted by Crippen LogP contribution is 2.22. The van der Waals surface area contributed by atoms with Gasteiger partial charge in [0.05, 0.1) is 24.4 Å². The summed E-state index contributed by atoms with van der Waals surface area (Å²) in [6, 6.07) is 1.80. The minimum atomic E-state index is -0.811. The highest BCUT2D eigenvalue weighted by atomic mass is 16.4. The Kier molecular flexibility index (Phi) is 2.53. The van der Waals surface area contributed by atoms with Crippen LogP contribution in [0.3, 0.4) is 0 Å². The molecular weight excluding hydrogens is 196 g/mol. The summed E-state index contributed by atoms with van der Waals surface area (Å²) in [5.41, 5.74) is 2.59. The lowest BCUT2D eigenvalue weighted by Crippen LogP contribution is -1.97. The minimum Gasteiger partial charge on any atom is -0.481 e. The van der Waals surface area contributed by atoms with Gasteiger partial charge in [0.2, 0.25) is 0 Å². The molecule has 15 heavy (non-hydrogen) atoms. The van der Waals surface area contributed by atoms with Crippen molar-refractivity contribution in [1.82, 2.24) is 10.2 Å². The van der Waals surface area contributed by atoms with Crippen molar-refractivity contribution in [2.75, 3.05) is 0 Å².